The molecule has 1 unspecified atom stereocenters. The van der Waals surface area contributed by atoms with Gasteiger partial charge in [-0.15, -0.1) is 0 Å². The summed E-state index contributed by atoms with van der Waals surface area (Å²) in [6.07, 6.45) is -0.931. The molecular weight excluding hydrogens is 261 g/mol. The molecule has 0 saturated heterocycles. The Hall–Kier alpha value is -0.920. The van der Waals surface area contributed by atoms with Crippen molar-refractivity contribution in [3.05, 3.63) is 34.1 Å². The lowest BCUT2D eigenvalue weighted by Crippen LogP contribution is -2.19. The highest BCUT2D eigenvalue weighted by atomic mass is 79.9. The summed E-state index contributed by atoms with van der Waals surface area (Å²) in [5.74, 6) is -0.388. The van der Waals surface area contributed by atoms with Gasteiger partial charge in [-0.05, 0) is 47.5 Å². The average molecular weight is 272 g/mol. The summed E-state index contributed by atoms with van der Waals surface area (Å²) in [4.78, 5) is 0. The third-order valence-corrected chi connectivity index (χ3v) is 2.84. The van der Waals surface area contributed by atoms with Gasteiger partial charge in [-0.1, -0.05) is 6.07 Å². The summed E-state index contributed by atoms with van der Waals surface area (Å²) >= 11 is 3.03. The molecule has 1 N–H and O–H groups in total. The van der Waals surface area contributed by atoms with Crippen molar-refractivity contribution in [2.75, 3.05) is 0 Å². The lowest BCUT2D eigenvalue weighted by atomic mass is 9.84. The van der Waals surface area contributed by atoms with Gasteiger partial charge in [0.25, 0.3) is 0 Å². The second-order valence-electron chi connectivity index (χ2n) is 3.91. The van der Waals surface area contributed by atoms with Crippen LogP contribution in [0.4, 0.5) is 4.39 Å². The molecule has 0 amide bonds. The van der Waals surface area contributed by atoms with Crippen LogP contribution in [0.5, 0.6) is 0 Å². The van der Waals surface area contributed by atoms with Gasteiger partial charge >= 0.3 is 0 Å². The fourth-order valence-corrected chi connectivity index (χ4v) is 1.56. The minimum atomic E-state index is -0.931. The molecule has 0 fully saturated rings. The number of aliphatic hydroxyl groups is 1. The zero-order valence-electron chi connectivity index (χ0n) is 8.46. The molecule has 80 valence electrons. The standard InChI is InChI=1S/C11H11BrFNO/c1-11(2,6-14)10(15)7-3-4-9(13)8(12)5-7/h3-5,10,15H,1-2H3. The van der Waals surface area contributed by atoms with Crippen molar-refractivity contribution in [3.63, 3.8) is 0 Å². The van der Waals surface area contributed by atoms with Gasteiger partial charge in [0.1, 0.15) is 5.82 Å². The van der Waals surface area contributed by atoms with E-state index in [9.17, 15) is 9.50 Å². The number of aliphatic hydroxyl groups excluding tert-OH is 1. The molecular formula is C11H11BrFNO. The van der Waals surface area contributed by atoms with E-state index >= 15 is 0 Å². The van der Waals surface area contributed by atoms with Gasteiger partial charge in [0.05, 0.1) is 22.1 Å². The van der Waals surface area contributed by atoms with E-state index in [2.05, 4.69) is 15.9 Å². The van der Waals surface area contributed by atoms with Crippen molar-refractivity contribution in [1.29, 1.82) is 5.26 Å². The summed E-state index contributed by atoms with van der Waals surface area (Å²) in [5, 5.41) is 18.8. The second-order valence-corrected chi connectivity index (χ2v) is 4.76. The smallest absolute Gasteiger partial charge is 0.137 e. The molecule has 0 spiro atoms. The zero-order valence-corrected chi connectivity index (χ0v) is 10.0. The predicted molar refractivity (Wildman–Crippen MR) is 58.5 cm³/mol. The van der Waals surface area contributed by atoms with Crippen molar-refractivity contribution in [3.8, 4) is 6.07 Å². The van der Waals surface area contributed by atoms with Gasteiger partial charge in [0, 0.05) is 0 Å². The first-order chi connectivity index (χ1) is 6.88. The number of nitrogens with zero attached hydrogens (tertiary/aromatic N) is 1. The van der Waals surface area contributed by atoms with Crippen LogP contribution in [0.3, 0.4) is 0 Å². The fourth-order valence-electron chi connectivity index (χ4n) is 1.16. The molecule has 1 rings (SSSR count). The molecule has 0 heterocycles. The minimum absolute atomic E-state index is 0.285. The fraction of sp³-hybridized carbons (Fsp3) is 0.364. The Morgan fingerprint density at radius 2 is 2.13 bits per heavy atom. The Morgan fingerprint density at radius 3 is 2.60 bits per heavy atom. The molecule has 0 aliphatic heterocycles. The summed E-state index contributed by atoms with van der Waals surface area (Å²) < 4.78 is 13.2. The van der Waals surface area contributed by atoms with Crippen LogP contribution in [0.1, 0.15) is 25.5 Å². The van der Waals surface area contributed by atoms with Gasteiger partial charge in [-0.2, -0.15) is 5.26 Å². The third-order valence-electron chi connectivity index (χ3n) is 2.23. The maximum atomic E-state index is 12.9. The largest absolute Gasteiger partial charge is 0.387 e. The quantitative estimate of drug-likeness (QED) is 0.898. The van der Waals surface area contributed by atoms with E-state index in [4.69, 9.17) is 5.26 Å². The van der Waals surface area contributed by atoms with Crippen LogP contribution in [0.25, 0.3) is 0 Å². The Balaban J connectivity index is 3.08. The normalized spacial score (nSPS) is 13.3. The maximum Gasteiger partial charge on any atom is 0.137 e. The Kier molecular flexibility index (Phi) is 3.48. The molecule has 0 aliphatic carbocycles. The second kappa shape index (κ2) is 4.30. The van der Waals surface area contributed by atoms with Crippen LogP contribution in [0, 0.1) is 22.6 Å². The number of halogens is 2. The van der Waals surface area contributed by atoms with Crippen LogP contribution in [0.2, 0.25) is 0 Å². The van der Waals surface area contributed by atoms with Crippen molar-refractivity contribution in [1.82, 2.24) is 0 Å². The monoisotopic (exact) mass is 271 g/mol. The van der Waals surface area contributed by atoms with Crippen LogP contribution >= 0.6 is 15.9 Å². The highest BCUT2D eigenvalue weighted by Gasteiger charge is 2.29. The Labute approximate surface area is 96.5 Å². The van der Waals surface area contributed by atoms with Crippen LogP contribution < -0.4 is 0 Å². The molecule has 15 heavy (non-hydrogen) atoms. The average Bonchev–Trinajstić information content (AvgIpc) is 2.21. The number of hydrogen-bond donors (Lipinski definition) is 1. The topological polar surface area (TPSA) is 44.0 Å². The number of hydrogen-bond acceptors (Lipinski definition) is 2. The predicted octanol–water partition coefficient (Wildman–Crippen LogP) is 3.17. The van der Waals surface area contributed by atoms with E-state index in [1.807, 2.05) is 6.07 Å². The first-order valence-electron chi connectivity index (χ1n) is 4.43. The van der Waals surface area contributed by atoms with E-state index in [1.54, 1.807) is 13.8 Å². The van der Waals surface area contributed by atoms with E-state index in [1.165, 1.54) is 18.2 Å². The molecule has 0 aliphatic rings. The molecule has 0 aromatic heterocycles. The summed E-state index contributed by atoms with van der Waals surface area (Å²) in [5.41, 5.74) is -0.369. The van der Waals surface area contributed by atoms with Crippen molar-refractivity contribution in [2.24, 2.45) is 5.41 Å². The molecule has 2 nitrogen and oxygen atoms in total. The van der Waals surface area contributed by atoms with Crippen molar-refractivity contribution in [2.45, 2.75) is 20.0 Å². The van der Waals surface area contributed by atoms with Gasteiger partial charge in [0.2, 0.25) is 0 Å². The number of rotatable bonds is 2. The molecule has 0 bridgehead atoms. The van der Waals surface area contributed by atoms with Gasteiger partial charge in [-0.3, -0.25) is 0 Å². The van der Waals surface area contributed by atoms with Gasteiger partial charge in [0.15, 0.2) is 0 Å². The van der Waals surface area contributed by atoms with Crippen LogP contribution in [0.15, 0.2) is 22.7 Å². The molecule has 1 aromatic rings. The molecule has 1 aromatic carbocycles. The zero-order chi connectivity index (χ0) is 11.6. The Bertz CT molecular complexity index is 412. The third kappa shape index (κ3) is 2.55. The number of benzene rings is 1. The van der Waals surface area contributed by atoms with E-state index < -0.39 is 11.5 Å². The summed E-state index contributed by atoms with van der Waals surface area (Å²) in [6, 6.07) is 6.24. The van der Waals surface area contributed by atoms with E-state index in [0.29, 0.717) is 5.56 Å². The van der Waals surface area contributed by atoms with Gasteiger partial charge < -0.3 is 5.11 Å². The van der Waals surface area contributed by atoms with Crippen LogP contribution in [-0.4, -0.2) is 5.11 Å². The maximum absolute atomic E-state index is 12.9. The summed E-state index contributed by atoms with van der Waals surface area (Å²) in [6.45, 7) is 3.27. The van der Waals surface area contributed by atoms with Crippen LogP contribution in [-0.2, 0) is 0 Å². The summed E-state index contributed by atoms with van der Waals surface area (Å²) in [7, 11) is 0. The Morgan fingerprint density at radius 1 is 1.53 bits per heavy atom. The minimum Gasteiger partial charge on any atom is -0.387 e. The first-order valence-corrected chi connectivity index (χ1v) is 5.22. The SMILES string of the molecule is CC(C)(C#N)C(O)c1ccc(F)c(Br)c1. The number of nitriles is 1. The van der Waals surface area contributed by atoms with E-state index in [-0.39, 0.29) is 10.3 Å². The lowest BCUT2D eigenvalue weighted by molar-refractivity contribution is 0.0866. The lowest BCUT2D eigenvalue weighted by Gasteiger charge is -2.23. The van der Waals surface area contributed by atoms with Crippen molar-refractivity contribution < 1.29 is 9.50 Å². The van der Waals surface area contributed by atoms with Crippen molar-refractivity contribution >= 4 is 15.9 Å². The molecule has 0 saturated carbocycles. The highest BCUT2D eigenvalue weighted by molar-refractivity contribution is 9.10. The molecule has 1 atom stereocenters. The van der Waals surface area contributed by atoms with Gasteiger partial charge in [-0.25, -0.2) is 4.39 Å². The molecule has 4 heteroatoms. The highest BCUT2D eigenvalue weighted by Crippen LogP contribution is 2.33. The molecule has 0 radical (unpaired) electrons. The first kappa shape index (κ1) is 12.2. The van der Waals surface area contributed by atoms with E-state index in [0.717, 1.165) is 0 Å².